The molecular formula is C11H13ClN4OS. The molecule has 0 aliphatic carbocycles. The Morgan fingerprint density at radius 1 is 1.44 bits per heavy atom. The molecule has 5 nitrogen and oxygen atoms in total. The molecule has 0 saturated carbocycles. The molecule has 0 fully saturated rings. The summed E-state index contributed by atoms with van der Waals surface area (Å²) < 4.78 is 5.12. The highest BCUT2D eigenvalue weighted by molar-refractivity contribution is 7.98. The maximum atomic E-state index is 5.88. The highest BCUT2D eigenvalue weighted by atomic mass is 35.5. The van der Waals surface area contributed by atoms with E-state index in [2.05, 4.69) is 15.1 Å². The van der Waals surface area contributed by atoms with Crippen LogP contribution in [0.1, 0.15) is 25.6 Å². The molecule has 0 amide bonds. The van der Waals surface area contributed by atoms with Crippen molar-refractivity contribution in [2.75, 3.05) is 0 Å². The number of nitrogens with zero attached hydrogens (tertiary/aromatic N) is 3. The van der Waals surface area contributed by atoms with Crippen LogP contribution >= 0.6 is 23.4 Å². The Balaban J connectivity index is 1.98. The van der Waals surface area contributed by atoms with Gasteiger partial charge in [-0.2, -0.15) is 4.98 Å². The second kappa shape index (κ2) is 5.26. The summed E-state index contributed by atoms with van der Waals surface area (Å²) in [6, 6.07) is 3.64. The lowest BCUT2D eigenvalue weighted by molar-refractivity contribution is 0.370. The molecule has 7 heteroatoms. The normalized spacial score (nSPS) is 11.8. The second-order valence-electron chi connectivity index (χ2n) is 4.34. The molecule has 0 atom stereocenters. The fourth-order valence-corrected chi connectivity index (χ4v) is 1.95. The lowest BCUT2D eigenvalue weighted by Crippen LogP contribution is -2.30. The number of rotatable bonds is 4. The van der Waals surface area contributed by atoms with E-state index in [-0.39, 0.29) is 0 Å². The Labute approximate surface area is 114 Å². The Kier molecular flexibility index (Phi) is 3.89. The van der Waals surface area contributed by atoms with Crippen molar-refractivity contribution in [1.82, 2.24) is 15.1 Å². The first-order valence-corrected chi connectivity index (χ1v) is 6.68. The summed E-state index contributed by atoms with van der Waals surface area (Å²) in [5, 5.41) is 5.32. The monoisotopic (exact) mass is 284 g/mol. The maximum Gasteiger partial charge on any atom is 0.237 e. The first-order valence-electron chi connectivity index (χ1n) is 5.31. The van der Waals surface area contributed by atoms with Gasteiger partial charge >= 0.3 is 0 Å². The minimum Gasteiger partial charge on any atom is -0.338 e. The van der Waals surface area contributed by atoms with Crippen molar-refractivity contribution in [2.45, 2.75) is 30.2 Å². The highest BCUT2D eigenvalue weighted by Gasteiger charge is 2.21. The van der Waals surface area contributed by atoms with Gasteiger partial charge < -0.3 is 10.3 Å². The van der Waals surface area contributed by atoms with E-state index in [0.717, 1.165) is 5.03 Å². The highest BCUT2D eigenvalue weighted by Crippen LogP contribution is 2.22. The van der Waals surface area contributed by atoms with Gasteiger partial charge in [-0.1, -0.05) is 28.5 Å². The molecule has 0 aliphatic heterocycles. The number of hydrogen-bond donors (Lipinski definition) is 1. The molecule has 2 N–H and O–H groups in total. The zero-order chi connectivity index (χ0) is 13.2. The van der Waals surface area contributed by atoms with E-state index in [1.807, 2.05) is 19.9 Å². The summed E-state index contributed by atoms with van der Waals surface area (Å²) in [4.78, 5) is 8.40. The van der Waals surface area contributed by atoms with Crippen molar-refractivity contribution in [3.63, 3.8) is 0 Å². The van der Waals surface area contributed by atoms with Gasteiger partial charge in [0.05, 0.1) is 21.3 Å². The molecule has 0 aromatic carbocycles. The third-order valence-electron chi connectivity index (χ3n) is 2.09. The molecule has 0 saturated heterocycles. The number of pyridine rings is 1. The van der Waals surface area contributed by atoms with Gasteiger partial charge in [0.15, 0.2) is 5.82 Å². The van der Waals surface area contributed by atoms with Gasteiger partial charge in [-0.25, -0.2) is 4.98 Å². The Morgan fingerprint density at radius 3 is 2.78 bits per heavy atom. The van der Waals surface area contributed by atoms with Crippen LogP contribution in [0.2, 0.25) is 5.02 Å². The second-order valence-corrected chi connectivity index (χ2v) is 5.77. The van der Waals surface area contributed by atoms with E-state index in [1.54, 1.807) is 12.3 Å². The predicted molar refractivity (Wildman–Crippen MR) is 70.3 cm³/mol. The van der Waals surface area contributed by atoms with E-state index >= 15 is 0 Å². The molecule has 2 heterocycles. The topological polar surface area (TPSA) is 77.8 Å². The van der Waals surface area contributed by atoms with E-state index in [1.165, 1.54) is 11.8 Å². The quantitative estimate of drug-likeness (QED) is 0.870. The molecule has 18 heavy (non-hydrogen) atoms. The van der Waals surface area contributed by atoms with Gasteiger partial charge in [0.25, 0.3) is 0 Å². The molecule has 2 aromatic heterocycles. The summed E-state index contributed by atoms with van der Waals surface area (Å²) in [6.07, 6.45) is 1.60. The van der Waals surface area contributed by atoms with E-state index in [9.17, 15) is 0 Å². The zero-order valence-electron chi connectivity index (χ0n) is 10.1. The number of aromatic nitrogens is 3. The minimum atomic E-state index is -0.592. The van der Waals surface area contributed by atoms with Crippen LogP contribution in [0, 0.1) is 0 Å². The van der Waals surface area contributed by atoms with Gasteiger partial charge in [-0.15, -0.1) is 0 Å². The molecule has 0 radical (unpaired) electrons. The fourth-order valence-electron chi connectivity index (χ4n) is 1.16. The Morgan fingerprint density at radius 2 is 2.22 bits per heavy atom. The van der Waals surface area contributed by atoms with Crippen molar-refractivity contribution >= 4 is 23.4 Å². The summed E-state index contributed by atoms with van der Waals surface area (Å²) in [5.41, 5.74) is 5.28. The first kappa shape index (κ1) is 13.3. The number of halogens is 1. The largest absolute Gasteiger partial charge is 0.338 e. The van der Waals surface area contributed by atoms with Crippen LogP contribution in [0.4, 0.5) is 0 Å². The van der Waals surface area contributed by atoms with Crippen LogP contribution in [0.3, 0.4) is 0 Å². The van der Waals surface area contributed by atoms with Crippen LogP contribution in [0.25, 0.3) is 0 Å². The number of hydrogen-bond acceptors (Lipinski definition) is 6. The van der Waals surface area contributed by atoms with Crippen LogP contribution in [0.5, 0.6) is 0 Å². The zero-order valence-corrected chi connectivity index (χ0v) is 11.6. The van der Waals surface area contributed by atoms with Crippen LogP contribution < -0.4 is 5.73 Å². The third kappa shape index (κ3) is 3.44. The van der Waals surface area contributed by atoms with Crippen molar-refractivity contribution < 1.29 is 4.52 Å². The standard InChI is InChI=1S/C11H13ClN4OS/c1-11(2,13)10-15-8(17-16-10)6-18-9-4-3-7(12)5-14-9/h3-5H,6,13H2,1-2H3. The van der Waals surface area contributed by atoms with Gasteiger partial charge in [-0.05, 0) is 26.0 Å². The molecule has 2 aromatic rings. The SMILES string of the molecule is CC(C)(N)c1noc(CSc2ccc(Cl)cn2)n1. The third-order valence-corrected chi connectivity index (χ3v) is 3.24. The van der Waals surface area contributed by atoms with Crippen molar-refractivity contribution in [3.8, 4) is 0 Å². The number of nitrogens with two attached hydrogens (primary N) is 1. The molecule has 0 aliphatic rings. The summed E-state index contributed by atoms with van der Waals surface area (Å²) in [6.45, 7) is 3.66. The van der Waals surface area contributed by atoms with Crippen molar-refractivity contribution in [2.24, 2.45) is 5.73 Å². The lowest BCUT2D eigenvalue weighted by atomic mass is 10.1. The van der Waals surface area contributed by atoms with E-state index in [4.69, 9.17) is 21.9 Å². The van der Waals surface area contributed by atoms with E-state index < -0.39 is 5.54 Å². The fraction of sp³-hybridized carbons (Fsp3) is 0.364. The van der Waals surface area contributed by atoms with Crippen molar-refractivity contribution in [1.29, 1.82) is 0 Å². The van der Waals surface area contributed by atoms with Crippen LogP contribution in [0.15, 0.2) is 27.9 Å². The minimum absolute atomic E-state index is 0.502. The lowest BCUT2D eigenvalue weighted by Gasteiger charge is -2.11. The molecule has 0 unspecified atom stereocenters. The molecular weight excluding hydrogens is 272 g/mol. The Bertz CT molecular complexity index is 521. The molecule has 96 valence electrons. The summed E-state index contributed by atoms with van der Waals surface area (Å²) in [5.74, 6) is 1.59. The van der Waals surface area contributed by atoms with E-state index in [0.29, 0.717) is 22.5 Å². The molecule has 0 bridgehead atoms. The van der Waals surface area contributed by atoms with Crippen LogP contribution in [-0.2, 0) is 11.3 Å². The summed E-state index contributed by atoms with van der Waals surface area (Å²) >= 11 is 7.26. The average Bonchev–Trinajstić information content (AvgIpc) is 2.77. The predicted octanol–water partition coefficient (Wildman–Crippen LogP) is 2.60. The van der Waals surface area contributed by atoms with Gasteiger partial charge in [0.2, 0.25) is 5.89 Å². The van der Waals surface area contributed by atoms with Gasteiger partial charge in [-0.3, -0.25) is 0 Å². The van der Waals surface area contributed by atoms with Crippen molar-refractivity contribution in [3.05, 3.63) is 35.1 Å². The average molecular weight is 285 g/mol. The van der Waals surface area contributed by atoms with Gasteiger partial charge in [0.1, 0.15) is 0 Å². The molecule has 2 rings (SSSR count). The number of thioether (sulfide) groups is 1. The molecule has 0 spiro atoms. The maximum absolute atomic E-state index is 5.88. The Hall–Kier alpha value is -1.11. The van der Waals surface area contributed by atoms with Crippen LogP contribution in [-0.4, -0.2) is 15.1 Å². The van der Waals surface area contributed by atoms with Gasteiger partial charge in [0, 0.05) is 6.20 Å². The first-order chi connectivity index (χ1) is 8.45. The summed E-state index contributed by atoms with van der Waals surface area (Å²) in [7, 11) is 0. The smallest absolute Gasteiger partial charge is 0.237 e.